The van der Waals surface area contributed by atoms with Crippen LogP contribution in [0.4, 0.5) is 10.1 Å². The molecule has 0 saturated carbocycles. The zero-order chi connectivity index (χ0) is 44.8. The van der Waals surface area contributed by atoms with Crippen LogP contribution in [0.5, 0.6) is 11.5 Å². The number of nitrogens with one attached hydrogen (secondary N) is 2. The summed E-state index contributed by atoms with van der Waals surface area (Å²) < 4.78 is 51.7. The van der Waals surface area contributed by atoms with Gasteiger partial charge < -0.3 is 24.6 Å². The Bertz CT molecular complexity index is 2350. The normalized spacial score (nSPS) is 18.7. The number of methoxy groups -OCH3 is 1. The quantitative estimate of drug-likeness (QED) is 0.0951. The lowest BCUT2D eigenvalue weighted by Crippen LogP contribution is -2.52. The van der Waals surface area contributed by atoms with Crippen LogP contribution in [0.3, 0.4) is 0 Å². The maximum Gasteiger partial charge on any atom is 0.264 e. The molecule has 338 valence electrons. The molecule has 4 aliphatic heterocycles. The molecule has 14 nitrogen and oxygen atoms in total. The fourth-order valence-corrected chi connectivity index (χ4v) is 10.4. The smallest absolute Gasteiger partial charge is 0.264 e. The second-order valence-electron chi connectivity index (χ2n) is 17.1. The van der Waals surface area contributed by atoms with Crippen molar-refractivity contribution >= 4 is 45.1 Å². The monoisotopic (exact) mass is 887 g/mol. The lowest BCUT2D eigenvalue weighted by molar-refractivity contribution is -0.136. The number of hydrogen-bond donors (Lipinski definition) is 2. The molecule has 0 aliphatic carbocycles. The minimum atomic E-state index is -3.62. The Morgan fingerprint density at radius 1 is 0.857 bits per heavy atom. The van der Waals surface area contributed by atoms with Gasteiger partial charge in [0.05, 0.1) is 36.6 Å². The van der Waals surface area contributed by atoms with Gasteiger partial charge in [0.15, 0.2) is 11.5 Å². The summed E-state index contributed by atoms with van der Waals surface area (Å²) >= 11 is 0. The first-order valence-electron chi connectivity index (χ1n) is 22.2. The SMILES string of the molecule is CCOc1cc([C@@H](CS(C)(=O)=O)N2C(=O)c3cccc(NCCCCCCCCCN4CCC(c5cc6c(cc5F)C(=O)N(C5CCC(=O)NC5=O)C6)CC4)c3C2=O)ccc1OC. The molecular formula is C47H58FN5O9S. The van der Waals surface area contributed by atoms with Gasteiger partial charge in [0.1, 0.15) is 21.7 Å². The molecular weight excluding hydrogens is 830 g/mol. The van der Waals surface area contributed by atoms with E-state index in [0.29, 0.717) is 47.0 Å². The van der Waals surface area contributed by atoms with Crippen molar-refractivity contribution < 1.29 is 46.3 Å². The zero-order valence-corrected chi connectivity index (χ0v) is 37.2. The van der Waals surface area contributed by atoms with E-state index in [-0.39, 0.29) is 54.1 Å². The van der Waals surface area contributed by atoms with Gasteiger partial charge in [-0.2, -0.15) is 0 Å². The van der Waals surface area contributed by atoms with Crippen molar-refractivity contribution in [3.63, 3.8) is 0 Å². The molecule has 16 heteroatoms. The van der Waals surface area contributed by atoms with Crippen LogP contribution in [-0.2, 0) is 26.0 Å². The number of likely N-dealkylation sites (tertiary alicyclic amines) is 1. The molecule has 5 amide bonds. The van der Waals surface area contributed by atoms with Crippen LogP contribution >= 0.6 is 0 Å². The van der Waals surface area contributed by atoms with Crippen LogP contribution in [0.15, 0.2) is 48.5 Å². The summed E-state index contributed by atoms with van der Waals surface area (Å²) in [4.78, 5) is 69.8. The first-order chi connectivity index (χ1) is 30.3. The van der Waals surface area contributed by atoms with Crippen molar-refractivity contribution in [2.24, 2.45) is 0 Å². The van der Waals surface area contributed by atoms with Gasteiger partial charge in [0, 0.05) is 37.0 Å². The van der Waals surface area contributed by atoms with E-state index in [0.717, 1.165) is 94.1 Å². The van der Waals surface area contributed by atoms with Gasteiger partial charge in [-0.1, -0.05) is 50.3 Å². The number of rotatable bonds is 20. The number of benzene rings is 3. The van der Waals surface area contributed by atoms with Gasteiger partial charge in [-0.05, 0) is 112 Å². The molecule has 0 aromatic heterocycles. The summed E-state index contributed by atoms with van der Waals surface area (Å²) in [5, 5.41) is 5.67. The molecule has 4 heterocycles. The van der Waals surface area contributed by atoms with Gasteiger partial charge in [-0.15, -0.1) is 0 Å². The Kier molecular flexibility index (Phi) is 14.5. The van der Waals surface area contributed by atoms with Crippen molar-refractivity contribution in [3.8, 4) is 11.5 Å². The van der Waals surface area contributed by atoms with Crippen molar-refractivity contribution in [1.82, 2.24) is 20.0 Å². The van der Waals surface area contributed by atoms with Crippen LogP contribution in [0.25, 0.3) is 0 Å². The zero-order valence-electron chi connectivity index (χ0n) is 36.4. The number of fused-ring (bicyclic) bond motifs is 2. The fourth-order valence-electron chi connectivity index (χ4n) is 9.47. The molecule has 2 atom stereocenters. The Hall–Kier alpha value is -5.35. The Morgan fingerprint density at radius 3 is 2.29 bits per heavy atom. The van der Waals surface area contributed by atoms with Crippen molar-refractivity contribution in [2.75, 3.05) is 57.2 Å². The third-order valence-corrected chi connectivity index (χ3v) is 13.6. The van der Waals surface area contributed by atoms with E-state index in [1.165, 1.54) is 18.1 Å². The molecule has 2 saturated heterocycles. The molecule has 2 fully saturated rings. The maximum atomic E-state index is 15.4. The number of halogens is 1. The highest BCUT2D eigenvalue weighted by molar-refractivity contribution is 7.90. The van der Waals surface area contributed by atoms with Crippen LogP contribution < -0.4 is 20.1 Å². The highest BCUT2D eigenvalue weighted by atomic mass is 32.2. The minimum absolute atomic E-state index is 0.0699. The molecule has 0 radical (unpaired) electrons. The summed E-state index contributed by atoms with van der Waals surface area (Å²) in [6.45, 7) is 5.79. The Labute approximate surface area is 368 Å². The average Bonchev–Trinajstić information content (AvgIpc) is 3.70. The van der Waals surface area contributed by atoms with E-state index in [4.69, 9.17) is 9.47 Å². The molecule has 7 rings (SSSR count). The fraction of sp³-hybridized carbons (Fsp3) is 0.511. The number of unbranched alkanes of at least 4 members (excludes halogenated alkanes) is 6. The molecule has 0 bridgehead atoms. The first kappa shape index (κ1) is 45.7. The Balaban J connectivity index is 0.813. The molecule has 0 spiro atoms. The Morgan fingerprint density at radius 2 is 1.59 bits per heavy atom. The molecule has 2 N–H and O–H groups in total. The molecule has 1 unspecified atom stereocenters. The standard InChI is InChI=1S/C47H58FN5O9S/c1-4-62-41-26-31(15-17-40(41)61-2)39(29-63(3,59)60)53-46(57)33-13-12-14-37(43(33)47(53)58)49-21-10-8-6-5-7-9-11-22-51-23-19-30(20-24-51)34-25-32-28-52(45(56)35(32)27-36(34)48)38-16-18-42(54)50-44(38)55/h12-15,17,25-27,30,38-39,49H,4-11,16,18-24,28-29H2,1-3H3,(H,50,54,55)/t38?,39-/m1/s1. The lowest BCUT2D eigenvalue weighted by Gasteiger charge is -2.32. The van der Waals surface area contributed by atoms with Gasteiger partial charge in [-0.3, -0.25) is 34.2 Å². The number of hydrogen-bond acceptors (Lipinski definition) is 11. The van der Waals surface area contributed by atoms with Crippen LogP contribution in [0, 0.1) is 5.82 Å². The summed E-state index contributed by atoms with van der Waals surface area (Å²) in [7, 11) is -2.12. The second-order valence-corrected chi connectivity index (χ2v) is 19.3. The number of amides is 5. The van der Waals surface area contributed by atoms with E-state index in [1.54, 1.807) is 36.4 Å². The predicted octanol–water partition coefficient (Wildman–Crippen LogP) is 6.40. The number of nitrogens with zero attached hydrogens (tertiary/aromatic N) is 3. The number of sulfone groups is 1. The number of carbonyl (C=O) groups is 5. The molecule has 4 aliphatic rings. The first-order valence-corrected chi connectivity index (χ1v) is 24.3. The number of anilines is 1. The number of imide groups is 2. The van der Waals surface area contributed by atoms with Gasteiger partial charge in [0.25, 0.3) is 17.7 Å². The predicted molar refractivity (Wildman–Crippen MR) is 235 cm³/mol. The highest BCUT2D eigenvalue weighted by Crippen LogP contribution is 2.39. The molecule has 3 aromatic rings. The molecule has 63 heavy (non-hydrogen) atoms. The number of ether oxygens (including phenoxy) is 2. The van der Waals surface area contributed by atoms with Crippen LogP contribution in [0.1, 0.15) is 137 Å². The van der Waals surface area contributed by atoms with Crippen LogP contribution in [0.2, 0.25) is 0 Å². The summed E-state index contributed by atoms with van der Waals surface area (Å²) in [6.07, 6.45) is 10.6. The third-order valence-electron chi connectivity index (χ3n) is 12.7. The summed E-state index contributed by atoms with van der Waals surface area (Å²) in [6, 6.07) is 11.4. The summed E-state index contributed by atoms with van der Waals surface area (Å²) in [5.74, 6) is -2.17. The second kappa shape index (κ2) is 20.0. The van der Waals surface area contributed by atoms with E-state index in [1.807, 2.05) is 13.0 Å². The van der Waals surface area contributed by atoms with Gasteiger partial charge >= 0.3 is 0 Å². The van der Waals surface area contributed by atoms with E-state index in [9.17, 15) is 32.4 Å². The minimum Gasteiger partial charge on any atom is -0.493 e. The van der Waals surface area contributed by atoms with Crippen LogP contribution in [-0.4, -0.2) is 111 Å². The van der Waals surface area contributed by atoms with Crippen molar-refractivity contribution in [1.29, 1.82) is 0 Å². The van der Waals surface area contributed by atoms with Gasteiger partial charge in [0.2, 0.25) is 11.8 Å². The topological polar surface area (TPSA) is 172 Å². The largest absolute Gasteiger partial charge is 0.493 e. The molecule has 3 aromatic carbocycles. The number of carbonyl (C=O) groups excluding carboxylic acids is 5. The van der Waals surface area contributed by atoms with E-state index >= 15 is 4.39 Å². The van der Waals surface area contributed by atoms with Crippen molar-refractivity contribution in [2.45, 2.75) is 102 Å². The average molecular weight is 888 g/mol. The van der Waals surface area contributed by atoms with Gasteiger partial charge in [-0.25, -0.2) is 12.8 Å². The highest BCUT2D eigenvalue weighted by Gasteiger charge is 2.44. The summed E-state index contributed by atoms with van der Waals surface area (Å²) in [5.41, 5.74) is 3.16. The lowest BCUT2D eigenvalue weighted by atomic mass is 9.87. The number of piperidine rings is 2. The van der Waals surface area contributed by atoms with Crippen molar-refractivity contribution in [3.05, 3.63) is 87.7 Å². The maximum absolute atomic E-state index is 15.4. The third kappa shape index (κ3) is 10.4. The van der Waals surface area contributed by atoms with E-state index < -0.39 is 45.4 Å². The van der Waals surface area contributed by atoms with E-state index in [2.05, 4.69) is 15.5 Å².